The summed E-state index contributed by atoms with van der Waals surface area (Å²) in [5, 5.41) is 2.83. The van der Waals surface area contributed by atoms with Gasteiger partial charge in [0.15, 0.2) is 12.7 Å². The van der Waals surface area contributed by atoms with Gasteiger partial charge in [-0.2, -0.15) is 0 Å². The van der Waals surface area contributed by atoms with Crippen LogP contribution in [0.2, 0.25) is 0 Å². The fourth-order valence-electron chi connectivity index (χ4n) is 3.84. The maximum Gasteiger partial charge on any atom is 0.267 e. The van der Waals surface area contributed by atoms with Crippen molar-refractivity contribution in [3.63, 3.8) is 0 Å². The molecule has 1 aliphatic rings. The summed E-state index contributed by atoms with van der Waals surface area (Å²) in [4.78, 5) is 27.0. The topological polar surface area (TPSA) is 77.1 Å². The molecule has 0 fully saturated rings. The molecule has 1 atom stereocenters. The van der Waals surface area contributed by atoms with Gasteiger partial charge in [0, 0.05) is 5.69 Å². The lowest BCUT2D eigenvalue weighted by molar-refractivity contribution is -0.125. The van der Waals surface area contributed by atoms with E-state index in [1.165, 1.54) is 5.56 Å². The lowest BCUT2D eigenvalue weighted by Crippen LogP contribution is -2.46. The van der Waals surface area contributed by atoms with Crippen LogP contribution in [-0.4, -0.2) is 37.7 Å². The van der Waals surface area contributed by atoms with Crippen LogP contribution in [0.5, 0.6) is 17.2 Å². The van der Waals surface area contributed by atoms with E-state index in [-0.39, 0.29) is 18.4 Å². The number of hydrogen-bond acceptors (Lipinski definition) is 5. The molecule has 2 amide bonds. The van der Waals surface area contributed by atoms with E-state index in [2.05, 4.69) is 12.2 Å². The zero-order valence-corrected chi connectivity index (χ0v) is 20.2. The molecule has 1 aliphatic heterocycles. The first-order chi connectivity index (χ1) is 16.9. The molecule has 0 saturated heterocycles. The molecule has 1 N–H and O–H groups in total. The van der Waals surface area contributed by atoms with Gasteiger partial charge in [-0.3, -0.25) is 9.59 Å². The number of aryl methyl sites for hydroxylation is 2. The normalized spacial score (nSPS) is 14.7. The molecule has 7 nitrogen and oxygen atoms in total. The largest absolute Gasteiger partial charge is 0.492 e. The lowest BCUT2D eigenvalue weighted by Gasteiger charge is -2.33. The second-order valence-corrected chi connectivity index (χ2v) is 8.43. The second kappa shape index (κ2) is 11.0. The van der Waals surface area contributed by atoms with E-state index in [0.29, 0.717) is 36.0 Å². The maximum atomic E-state index is 12.9. The molecule has 0 spiro atoms. The van der Waals surface area contributed by atoms with Crippen molar-refractivity contribution in [3.8, 4) is 17.2 Å². The highest BCUT2D eigenvalue weighted by molar-refractivity contribution is 6.01. The Kier molecular flexibility index (Phi) is 7.55. The average Bonchev–Trinajstić information content (AvgIpc) is 2.86. The molecule has 182 valence electrons. The Balaban J connectivity index is 1.40. The maximum absolute atomic E-state index is 12.9. The Bertz CT molecular complexity index is 1190. The number of rotatable bonds is 9. The van der Waals surface area contributed by atoms with Crippen LogP contribution in [0.25, 0.3) is 0 Å². The van der Waals surface area contributed by atoms with Gasteiger partial charge in [0.25, 0.3) is 11.8 Å². The van der Waals surface area contributed by atoms with Crippen LogP contribution in [0.15, 0.2) is 66.7 Å². The summed E-state index contributed by atoms with van der Waals surface area (Å²) in [7, 11) is 0. The monoisotopic (exact) mass is 474 g/mol. The van der Waals surface area contributed by atoms with E-state index >= 15 is 0 Å². The molecular formula is C28H30N2O5. The quantitative estimate of drug-likeness (QED) is 0.484. The SMILES string of the molecule is CCc1ccc(OCC(=O)Nc2ccc3c(c2)N(CCOc2cccc(C)c2)C(=O)C(C)O3)cc1. The number of carbonyl (C=O) groups is 2. The van der Waals surface area contributed by atoms with E-state index in [9.17, 15) is 9.59 Å². The first-order valence-corrected chi connectivity index (χ1v) is 11.8. The number of benzene rings is 3. The summed E-state index contributed by atoms with van der Waals surface area (Å²) in [5.74, 6) is 1.51. The predicted octanol–water partition coefficient (Wildman–Crippen LogP) is 4.77. The number of amides is 2. The van der Waals surface area contributed by atoms with Crippen LogP contribution in [0, 0.1) is 6.92 Å². The molecule has 35 heavy (non-hydrogen) atoms. The zero-order valence-electron chi connectivity index (χ0n) is 20.2. The molecule has 1 unspecified atom stereocenters. The van der Waals surface area contributed by atoms with Gasteiger partial charge in [-0.15, -0.1) is 0 Å². The van der Waals surface area contributed by atoms with Gasteiger partial charge < -0.3 is 24.4 Å². The molecule has 0 aliphatic carbocycles. The van der Waals surface area contributed by atoms with Crippen LogP contribution < -0.4 is 24.4 Å². The fraction of sp³-hybridized carbons (Fsp3) is 0.286. The minimum absolute atomic E-state index is 0.122. The highest BCUT2D eigenvalue weighted by Gasteiger charge is 2.31. The van der Waals surface area contributed by atoms with E-state index in [0.717, 1.165) is 17.7 Å². The number of carbonyl (C=O) groups excluding carboxylic acids is 2. The number of ether oxygens (including phenoxy) is 3. The summed E-state index contributed by atoms with van der Waals surface area (Å²) in [6.07, 6.45) is 0.341. The highest BCUT2D eigenvalue weighted by atomic mass is 16.5. The molecule has 0 radical (unpaired) electrons. The van der Waals surface area contributed by atoms with Crippen molar-refractivity contribution >= 4 is 23.2 Å². The molecule has 0 saturated carbocycles. The first-order valence-electron chi connectivity index (χ1n) is 11.8. The van der Waals surface area contributed by atoms with Crippen molar-refractivity contribution in [1.29, 1.82) is 0 Å². The third-order valence-corrected chi connectivity index (χ3v) is 5.73. The number of anilines is 2. The van der Waals surface area contributed by atoms with Gasteiger partial charge in [0.1, 0.15) is 23.9 Å². The Labute approximate surface area is 205 Å². The Morgan fingerprint density at radius 2 is 1.83 bits per heavy atom. The smallest absolute Gasteiger partial charge is 0.267 e. The Morgan fingerprint density at radius 3 is 2.57 bits per heavy atom. The summed E-state index contributed by atoms with van der Waals surface area (Å²) in [5.41, 5.74) is 3.45. The van der Waals surface area contributed by atoms with Crippen LogP contribution in [0.1, 0.15) is 25.0 Å². The first kappa shape index (κ1) is 24.1. The van der Waals surface area contributed by atoms with Crippen LogP contribution >= 0.6 is 0 Å². The van der Waals surface area contributed by atoms with Gasteiger partial charge in [-0.25, -0.2) is 0 Å². The van der Waals surface area contributed by atoms with Gasteiger partial charge in [0.05, 0.1) is 12.2 Å². The van der Waals surface area contributed by atoms with Crippen molar-refractivity contribution in [1.82, 2.24) is 0 Å². The third-order valence-electron chi connectivity index (χ3n) is 5.73. The van der Waals surface area contributed by atoms with Crippen LogP contribution in [0.3, 0.4) is 0 Å². The summed E-state index contributed by atoms with van der Waals surface area (Å²) >= 11 is 0. The van der Waals surface area contributed by atoms with Gasteiger partial charge >= 0.3 is 0 Å². The molecule has 1 heterocycles. The molecule has 4 rings (SSSR count). The van der Waals surface area contributed by atoms with E-state index in [1.54, 1.807) is 30.0 Å². The van der Waals surface area contributed by atoms with E-state index in [4.69, 9.17) is 14.2 Å². The highest BCUT2D eigenvalue weighted by Crippen LogP contribution is 2.36. The van der Waals surface area contributed by atoms with Gasteiger partial charge in [0.2, 0.25) is 0 Å². The van der Waals surface area contributed by atoms with Crippen molar-refractivity contribution in [2.24, 2.45) is 0 Å². The lowest BCUT2D eigenvalue weighted by atomic mass is 10.1. The molecule has 0 bridgehead atoms. The van der Waals surface area contributed by atoms with Crippen molar-refractivity contribution < 1.29 is 23.8 Å². The molecular weight excluding hydrogens is 444 g/mol. The molecule has 3 aromatic carbocycles. The van der Waals surface area contributed by atoms with Crippen molar-refractivity contribution in [2.45, 2.75) is 33.3 Å². The molecule has 0 aromatic heterocycles. The van der Waals surface area contributed by atoms with Crippen molar-refractivity contribution in [2.75, 3.05) is 30.0 Å². The molecule has 7 heteroatoms. The number of fused-ring (bicyclic) bond motifs is 1. The number of nitrogens with zero attached hydrogens (tertiary/aromatic N) is 1. The average molecular weight is 475 g/mol. The standard InChI is InChI=1S/C28H30N2O5/c1-4-21-8-11-23(12-9-21)34-18-27(31)29-22-10-13-26-25(17-22)30(28(32)20(3)35-26)14-15-33-24-7-5-6-19(2)16-24/h5-13,16-17,20H,4,14-15,18H2,1-3H3,(H,29,31). The van der Waals surface area contributed by atoms with Gasteiger partial charge in [-0.05, 0) is 73.9 Å². The minimum atomic E-state index is -0.602. The summed E-state index contributed by atoms with van der Waals surface area (Å²) < 4.78 is 17.2. The Hall–Kier alpha value is -4.00. The number of hydrogen-bond donors (Lipinski definition) is 1. The molecule has 3 aromatic rings. The predicted molar refractivity (Wildman–Crippen MR) is 136 cm³/mol. The fourth-order valence-corrected chi connectivity index (χ4v) is 3.84. The van der Waals surface area contributed by atoms with Crippen LogP contribution in [-0.2, 0) is 16.0 Å². The third kappa shape index (κ3) is 6.12. The minimum Gasteiger partial charge on any atom is -0.492 e. The van der Waals surface area contributed by atoms with Crippen LogP contribution in [0.4, 0.5) is 11.4 Å². The van der Waals surface area contributed by atoms with Crippen molar-refractivity contribution in [3.05, 3.63) is 77.9 Å². The van der Waals surface area contributed by atoms with E-state index < -0.39 is 6.10 Å². The Morgan fingerprint density at radius 1 is 1.03 bits per heavy atom. The zero-order chi connectivity index (χ0) is 24.8. The number of nitrogens with one attached hydrogen (secondary N) is 1. The summed E-state index contributed by atoms with van der Waals surface area (Å²) in [6, 6.07) is 20.7. The summed E-state index contributed by atoms with van der Waals surface area (Å²) in [6.45, 7) is 6.35. The van der Waals surface area contributed by atoms with Gasteiger partial charge in [-0.1, -0.05) is 31.2 Å². The van der Waals surface area contributed by atoms with E-state index in [1.807, 2.05) is 55.5 Å². The second-order valence-electron chi connectivity index (χ2n) is 8.43.